The van der Waals surface area contributed by atoms with Gasteiger partial charge in [0.05, 0.1) is 11.3 Å². The molecule has 31 heavy (non-hydrogen) atoms. The van der Waals surface area contributed by atoms with Crippen LogP contribution in [0.5, 0.6) is 11.8 Å². The molecule has 3 N–H and O–H groups in total. The second-order valence-electron chi connectivity index (χ2n) is 7.72. The molecule has 1 heterocycles. The molecule has 2 aliphatic rings. The Morgan fingerprint density at radius 3 is 2.16 bits per heavy atom. The van der Waals surface area contributed by atoms with Gasteiger partial charge in [0.25, 0.3) is 5.91 Å². The van der Waals surface area contributed by atoms with Gasteiger partial charge in [0.15, 0.2) is 0 Å². The molecule has 0 radical (unpaired) electrons. The minimum absolute atomic E-state index is 0.0227. The van der Waals surface area contributed by atoms with Crippen LogP contribution in [0.3, 0.4) is 0 Å². The number of aromatic nitrogens is 1. The van der Waals surface area contributed by atoms with Gasteiger partial charge in [-0.15, -0.1) is 0 Å². The largest absolute Gasteiger partial charge is 0.494 e. The topological polar surface area (TPSA) is 74.5 Å². The molecule has 5 rings (SSSR count). The molecule has 0 fully saturated rings. The predicted octanol–water partition coefficient (Wildman–Crippen LogP) is 5.30. The number of hydrogen-bond donors (Lipinski definition) is 3. The lowest BCUT2D eigenvalue weighted by Crippen LogP contribution is -2.13. The van der Waals surface area contributed by atoms with E-state index in [1.54, 1.807) is 12.1 Å². The fourth-order valence-corrected chi connectivity index (χ4v) is 4.42. The highest BCUT2D eigenvalue weighted by Gasteiger charge is 2.41. The second kappa shape index (κ2) is 6.66. The summed E-state index contributed by atoms with van der Waals surface area (Å²) in [6.07, 6.45) is 0.398. The number of alkyl halides is 3. The summed E-state index contributed by atoms with van der Waals surface area (Å²) in [4.78, 5) is 12.5. The van der Waals surface area contributed by atoms with Crippen LogP contribution in [0.4, 0.5) is 18.9 Å². The van der Waals surface area contributed by atoms with Crippen LogP contribution >= 0.6 is 0 Å². The summed E-state index contributed by atoms with van der Waals surface area (Å²) in [6.45, 7) is 0. The second-order valence-corrected chi connectivity index (χ2v) is 7.72. The van der Waals surface area contributed by atoms with Crippen LogP contribution in [0.2, 0.25) is 0 Å². The molecule has 2 aliphatic carbocycles. The first-order chi connectivity index (χ1) is 14.7. The van der Waals surface area contributed by atoms with Crippen LogP contribution in [0.15, 0.2) is 60.7 Å². The molecule has 2 bridgehead atoms. The van der Waals surface area contributed by atoms with Crippen molar-refractivity contribution in [1.82, 2.24) is 4.57 Å². The van der Waals surface area contributed by atoms with E-state index in [0.717, 1.165) is 29.7 Å². The lowest BCUT2D eigenvalue weighted by Gasteiger charge is -2.12. The van der Waals surface area contributed by atoms with Crippen molar-refractivity contribution in [3.8, 4) is 17.4 Å². The van der Waals surface area contributed by atoms with E-state index in [9.17, 15) is 28.2 Å². The number of carbonyl (C=O) groups is 1. The Balaban J connectivity index is 1.39. The average molecular weight is 426 g/mol. The van der Waals surface area contributed by atoms with E-state index < -0.39 is 17.6 Å². The maximum absolute atomic E-state index is 12.9. The van der Waals surface area contributed by atoms with Crippen LogP contribution in [-0.4, -0.2) is 20.7 Å². The molecule has 0 aliphatic heterocycles. The van der Waals surface area contributed by atoms with E-state index in [4.69, 9.17) is 0 Å². The summed E-state index contributed by atoms with van der Waals surface area (Å²) in [7, 11) is 0. The molecule has 0 unspecified atom stereocenters. The Labute approximate surface area is 175 Å². The van der Waals surface area contributed by atoms with E-state index in [2.05, 4.69) is 5.32 Å². The number of carbonyl (C=O) groups excluding carboxylic acids is 1. The lowest BCUT2D eigenvalue weighted by atomic mass is 10.0. The van der Waals surface area contributed by atoms with Crippen molar-refractivity contribution in [2.75, 3.05) is 5.32 Å². The fourth-order valence-electron chi connectivity index (χ4n) is 4.42. The number of fused-ring (bicyclic) bond motifs is 5. The van der Waals surface area contributed by atoms with Crippen molar-refractivity contribution >= 4 is 11.6 Å². The zero-order chi connectivity index (χ0) is 21.9. The Morgan fingerprint density at radius 2 is 1.58 bits per heavy atom. The molecular formula is C23H17F3N2O3. The third-order valence-corrected chi connectivity index (χ3v) is 5.86. The van der Waals surface area contributed by atoms with Crippen molar-refractivity contribution in [2.45, 2.75) is 24.4 Å². The summed E-state index contributed by atoms with van der Waals surface area (Å²) in [5.74, 6) is -0.443. The molecule has 5 nitrogen and oxygen atoms in total. The Kier molecular flexibility index (Phi) is 4.15. The molecule has 0 spiro atoms. The van der Waals surface area contributed by atoms with Gasteiger partial charge >= 0.3 is 6.18 Å². The third-order valence-electron chi connectivity index (χ3n) is 5.86. The third kappa shape index (κ3) is 3.06. The van der Waals surface area contributed by atoms with Crippen molar-refractivity contribution in [3.63, 3.8) is 0 Å². The first kappa shape index (κ1) is 19.3. The lowest BCUT2D eigenvalue weighted by molar-refractivity contribution is -0.137. The smallest absolute Gasteiger partial charge is 0.416 e. The molecule has 2 aromatic carbocycles. The number of benzene rings is 2. The number of rotatable bonds is 3. The van der Waals surface area contributed by atoms with Gasteiger partial charge in [-0.3, -0.25) is 9.36 Å². The molecule has 8 heteroatoms. The van der Waals surface area contributed by atoms with Gasteiger partial charge in [-0.05, 0) is 48.9 Å². The number of hydrogen-bond acceptors (Lipinski definition) is 3. The van der Waals surface area contributed by atoms with E-state index in [1.807, 2.05) is 12.2 Å². The molecular weight excluding hydrogens is 409 g/mol. The van der Waals surface area contributed by atoms with Gasteiger partial charge in [0.1, 0.15) is 0 Å². The molecule has 0 saturated carbocycles. The van der Waals surface area contributed by atoms with Gasteiger partial charge < -0.3 is 15.5 Å². The average Bonchev–Trinajstić information content (AvgIpc) is 3.41. The number of nitrogens with zero attached hydrogens (tertiary/aromatic N) is 1. The van der Waals surface area contributed by atoms with Crippen molar-refractivity contribution in [2.24, 2.45) is 0 Å². The van der Waals surface area contributed by atoms with E-state index in [0.29, 0.717) is 5.69 Å². The number of halogens is 3. The minimum Gasteiger partial charge on any atom is -0.494 e. The zero-order valence-electron chi connectivity index (χ0n) is 16.0. The highest BCUT2D eigenvalue weighted by Crippen LogP contribution is 2.57. The highest BCUT2D eigenvalue weighted by molar-refractivity contribution is 6.04. The normalized spacial score (nSPS) is 18.9. The maximum atomic E-state index is 12.9. The molecule has 1 aromatic heterocycles. The molecule has 1 amide bonds. The van der Waals surface area contributed by atoms with Crippen LogP contribution in [-0.2, 0) is 6.18 Å². The van der Waals surface area contributed by atoms with Gasteiger partial charge in [0, 0.05) is 34.2 Å². The van der Waals surface area contributed by atoms with Gasteiger partial charge in [0.2, 0.25) is 11.8 Å². The highest BCUT2D eigenvalue weighted by atomic mass is 19.4. The summed E-state index contributed by atoms with van der Waals surface area (Å²) in [5, 5.41) is 23.8. The quantitative estimate of drug-likeness (QED) is 0.498. The van der Waals surface area contributed by atoms with Crippen LogP contribution in [0.1, 0.15) is 45.3 Å². The molecule has 158 valence electrons. The van der Waals surface area contributed by atoms with Crippen molar-refractivity contribution in [3.05, 3.63) is 82.9 Å². The summed E-state index contributed by atoms with van der Waals surface area (Å²) in [6, 6.07) is 10.5. The first-order valence-corrected chi connectivity index (χ1v) is 9.68. The fraction of sp³-hybridized carbons (Fsp3) is 0.174. The Bertz CT molecular complexity index is 1190. The number of aromatic hydroxyl groups is 2. The Morgan fingerprint density at radius 1 is 0.968 bits per heavy atom. The number of allylic oxidation sites excluding steroid dienone is 2. The molecule has 0 saturated heterocycles. The Hall–Kier alpha value is -3.68. The van der Waals surface area contributed by atoms with E-state index in [1.165, 1.54) is 28.8 Å². The standard InChI is InChI=1S/C23H17F3N2O3/c24-23(25,26)15-2-1-3-16(11-15)27-20(29)12-6-8-17(9-7-12)28-21(30)18-13-4-5-14(10-13)19(18)22(28)31/h1-9,11,13-14,30-31H,10H2,(H,27,29)/t13-,14+. The van der Waals surface area contributed by atoms with Crippen LogP contribution in [0, 0.1) is 0 Å². The van der Waals surface area contributed by atoms with Crippen LogP contribution in [0.25, 0.3) is 5.69 Å². The first-order valence-electron chi connectivity index (χ1n) is 9.68. The van der Waals surface area contributed by atoms with Crippen LogP contribution < -0.4 is 5.32 Å². The molecule has 3 aromatic rings. The summed E-state index contributed by atoms with van der Waals surface area (Å²) < 4.78 is 39.9. The van der Waals surface area contributed by atoms with E-state index >= 15 is 0 Å². The number of anilines is 1. The SMILES string of the molecule is O=C(Nc1cccc(C(F)(F)F)c1)c1ccc(-n2c(O)c3c(c2O)[C@H]2C=C[C@@H]3C2)cc1. The van der Waals surface area contributed by atoms with E-state index in [-0.39, 0.29) is 34.8 Å². The van der Waals surface area contributed by atoms with Crippen molar-refractivity contribution in [1.29, 1.82) is 0 Å². The predicted molar refractivity (Wildman–Crippen MR) is 108 cm³/mol. The molecule has 2 atom stereocenters. The monoisotopic (exact) mass is 426 g/mol. The minimum atomic E-state index is -4.50. The van der Waals surface area contributed by atoms with Gasteiger partial charge in [-0.25, -0.2) is 0 Å². The maximum Gasteiger partial charge on any atom is 0.416 e. The number of nitrogens with one attached hydrogen (secondary N) is 1. The summed E-state index contributed by atoms with van der Waals surface area (Å²) >= 11 is 0. The van der Waals surface area contributed by atoms with Gasteiger partial charge in [-0.1, -0.05) is 18.2 Å². The zero-order valence-corrected chi connectivity index (χ0v) is 16.0. The number of amides is 1. The summed E-state index contributed by atoms with van der Waals surface area (Å²) in [5.41, 5.74) is 1.34. The van der Waals surface area contributed by atoms with Crippen molar-refractivity contribution < 1.29 is 28.2 Å². The van der Waals surface area contributed by atoms with Gasteiger partial charge in [-0.2, -0.15) is 13.2 Å².